The molecule has 0 unspecified atom stereocenters. The Kier molecular flexibility index (Phi) is 4.40. The highest BCUT2D eigenvalue weighted by Gasteiger charge is 2.14. The van der Waals surface area contributed by atoms with Crippen molar-refractivity contribution in [2.75, 3.05) is 7.11 Å². The predicted molar refractivity (Wildman–Crippen MR) is 77.2 cm³/mol. The Morgan fingerprint density at radius 1 is 1.25 bits per heavy atom. The Bertz CT molecular complexity index is 653. The summed E-state index contributed by atoms with van der Waals surface area (Å²) in [5, 5.41) is 0.0503. The molecule has 0 saturated heterocycles. The molecule has 0 aliphatic heterocycles. The number of halogens is 2. The molecular weight excluding hydrogens is 279 g/mol. The number of hydrogen-bond acceptors (Lipinski definition) is 2. The highest BCUT2D eigenvalue weighted by atomic mass is 35.5. The average Bonchev–Trinajstić information content (AvgIpc) is 2.43. The molecule has 0 heterocycles. The Morgan fingerprint density at radius 3 is 2.65 bits per heavy atom. The van der Waals surface area contributed by atoms with Crippen molar-refractivity contribution in [1.82, 2.24) is 0 Å². The van der Waals surface area contributed by atoms with Crippen LogP contribution in [-0.4, -0.2) is 12.9 Å². The van der Waals surface area contributed by atoms with E-state index < -0.39 is 5.82 Å². The molecule has 0 aliphatic carbocycles. The molecule has 0 atom stereocenters. The van der Waals surface area contributed by atoms with Gasteiger partial charge in [0.1, 0.15) is 11.6 Å². The number of hydrogen-bond donors (Lipinski definition) is 0. The third-order valence-electron chi connectivity index (χ3n) is 3.00. The van der Waals surface area contributed by atoms with Gasteiger partial charge in [0.05, 0.1) is 17.7 Å². The average molecular weight is 293 g/mol. The number of methoxy groups -OCH3 is 1. The minimum Gasteiger partial charge on any atom is -0.496 e. The molecular formula is C16H14ClFO2. The second-order valence-electron chi connectivity index (χ2n) is 4.55. The van der Waals surface area contributed by atoms with Crippen molar-refractivity contribution in [3.8, 4) is 5.75 Å². The predicted octanol–water partition coefficient (Wildman–Crippen LogP) is 4.22. The van der Waals surface area contributed by atoms with Gasteiger partial charge in [0.15, 0.2) is 5.78 Å². The van der Waals surface area contributed by atoms with Gasteiger partial charge < -0.3 is 4.74 Å². The lowest BCUT2D eigenvalue weighted by Gasteiger charge is -2.09. The first kappa shape index (κ1) is 14.5. The number of aryl methyl sites for hydroxylation is 1. The maximum atomic E-state index is 13.4. The quantitative estimate of drug-likeness (QED) is 0.789. The second-order valence-corrected chi connectivity index (χ2v) is 4.96. The third-order valence-corrected chi connectivity index (χ3v) is 3.31. The van der Waals surface area contributed by atoms with E-state index in [9.17, 15) is 9.18 Å². The molecule has 0 aliphatic rings. The van der Waals surface area contributed by atoms with Gasteiger partial charge in [0.25, 0.3) is 0 Å². The van der Waals surface area contributed by atoms with E-state index in [4.69, 9.17) is 16.3 Å². The monoisotopic (exact) mass is 292 g/mol. The van der Waals surface area contributed by atoms with Gasteiger partial charge in [0.2, 0.25) is 0 Å². The summed E-state index contributed by atoms with van der Waals surface area (Å²) in [6.45, 7) is 1.90. The lowest BCUT2D eigenvalue weighted by molar-refractivity contribution is 0.0990. The highest BCUT2D eigenvalue weighted by molar-refractivity contribution is 6.30. The molecule has 2 aromatic carbocycles. The van der Waals surface area contributed by atoms with E-state index in [0.717, 1.165) is 5.56 Å². The Balaban J connectivity index is 2.27. The van der Waals surface area contributed by atoms with Crippen LogP contribution < -0.4 is 4.74 Å². The molecule has 2 nitrogen and oxygen atoms in total. The number of ether oxygens (including phenoxy) is 1. The van der Waals surface area contributed by atoms with E-state index in [2.05, 4.69) is 0 Å². The van der Waals surface area contributed by atoms with Crippen LogP contribution in [0.5, 0.6) is 5.75 Å². The fraction of sp³-hybridized carbons (Fsp3) is 0.188. The molecule has 0 aromatic heterocycles. The topological polar surface area (TPSA) is 26.3 Å². The minimum atomic E-state index is -0.520. The number of carbonyl (C=O) groups is 1. The van der Waals surface area contributed by atoms with Crippen LogP contribution >= 0.6 is 11.6 Å². The molecule has 0 N–H and O–H groups in total. The summed E-state index contributed by atoms with van der Waals surface area (Å²) in [5.74, 6) is -0.115. The van der Waals surface area contributed by atoms with Crippen molar-refractivity contribution >= 4 is 17.4 Å². The number of benzene rings is 2. The van der Waals surface area contributed by atoms with Gasteiger partial charge in [-0.3, -0.25) is 4.79 Å². The van der Waals surface area contributed by atoms with Gasteiger partial charge in [-0.2, -0.15) is 0 Å². The van der Waals surface area contributed by atoms with Crippen LogP contribution in [0.1, 0.15) is 21.5 Å². The summed E-state index contributed by atoms with van der Waals surface area (Å²) >= 11 is 5.62. The zero-order valence-corrected chi connectivity index (χ0v) is 12.0. The van der Waals surface area contributed by atoms with Gasteiger partial charge >= 0.3 is 0 Å². The first-order chi connectivity index (χ1) is 9.51. The lowest BCUT2D eigenvalue weighted by Crippen LogP contribution is -2.06. The van der Waals surface area contributed by atoms with E-state index in [1.54, 1.807) is 18.2 Å². The molecule has 0 saturated carbocycles. The van der Waals surface area contributed by atoms with E-state index in [0.29, 0.717) is 16.9 Å². The molecule has 0 spiro atoms. The van der Waals surface area contributed by atoms with E-state index in [1.165, 1.54) is 19.2 Å². The highest BCUT2D eigenvalue weighted by Crippen LogP contribution is 2.22. The molecule has 2 aromatic rings. The molecule has 0 radical (unpaired) electrons. The summed E-state index contributed by atoms with van der Waals surface area (Å²) in [4.78, 5) is 12.3. The molecule has 0 fully saturated rings. The van der Waals surface area contributed by atoms with Crippen molar-refractivity contribution < 1.29 is 13.9 Å². The summed E-state index contributed by atoms with van der Waals surface area (Å²) in [6, 6.07) is 9.77. The van der Waals surface area contributed by atoms with Gasteiger partial charge in [-0.1, -0.05) is 29.3 Å². The zero-order valence-electron chi connectivity index (χ0n) is 11.2. The maximum Gasteiger partial charge on any atom is 0.170 e. The fourth-order valence-corrected chi connectivity index (χ4v) is 2.09. The first-order valence-electron chi connectivity index (χ1n) is 6.13. The van der Waals surface area contributed by atoms with Crippen LogP contribution in [0.3, 0.4) is 0 Å². The molecule has 0 amide bonds. The summed E-state index contributed by atoms with van der Waals surface area (Å²) in [7, 11) is 1.52. The van der Waals surface area contributed by atoms with Crippen molar-refractivity contribution in [3.05, 3.63) is 63.9 Å². The Morgan fingerprint density at radius 2 is 2.00 bits per heavy atom. The van der Waals surface area contributed by atoms with Crippen LogP contribution in [0, 0.1) is 12.7 Å². The lowest BCUT2D eigenvalue weighted by atomic mass is 10.0. The number of carbonyl (C=O) groups excluding carboxylic acids is 1. The smallest absolute Gasteiger partial charge is 0.170 e. The second kappa shape index (κ2) is 6.06. The molecule has 104 valence electrons. The van der Waals surface area contributed by atoms with Gasteiger partial charge in [0, 0.05) is 6.42 Å². The third kappa shape index (κ3) is 3.17. The maximum absolute atomic E-state index is 13.4. The summed E-state index contributed by atoms with van der Waals surface area (Å²) < 4.78 is 18.6. The largest absolute Gasteiger partial charge is 0.496 e. The van der Waals surface area contributed by atoms with Crippen LogP contribution in [0.2, 0.25) is 5.02 Å². The fourth-order valence-electron chi connectivity index (χ4n) is 1.97. The number of rotatable bonds is 4. The van der Waals surface area contributed by atoms with Crippen molar-refractivity contribution in [2.45, 2.75) is 13.3 Å². The number of ketones is 1. The zero-order chi connectivity index (χ0) is 14.7. The van der Waals surface area contributed by atoms with Gasteiger partial charge in [-0.15, -0.1) is 0 Å². The SMILES string of the molecule is COc1ccc(C)cc1C(=O)Cc1ccc(Cl)c(F)c1. The van der Waals surface area contributed by atoms with Crippen molar-refractivity contribution in [1.29, 1.82) is 0 Å². The van der Waals surface area contributed by atoms with Crippen LogP contribution in [0.15, 0.2) is 36.4 Å². The van der Waals surface area contributed by atoms with Crippen LogP contribution in [0.25, 0.3) is 0 Å². The van der Waals surface area contributed by atoms with Crippen LogP contribution in [0.4, 0.5) is 4.39 Å². The molecule has 20 heavy (non-hydrogen) atoms. The Hall–Kier alpha value is -1.87. The van der Waals surface area contributed by atoms with Crippen molar-refractivity contribution in [2.24, 2.45) is 0 Å². The van der Waals surface area contributed by atoms with Gasteiger partial charge in [-0.25, -0.2) is 4.39 Å². The van der Waals surface area contributed by atoms with E-state index >= 15 is 0 Å². The van der Waals surface area contributed by atoms with Gasteiger partial charge in [-0.05, 0) is 36.8 Å². The standard InChI is InChI=1S/C16H14ClFO2/c1-10-3-6-16(20-2)12(7-10)15(19)9-11-4-5-13(17)14(18)8-11/h3-8H,9H2,1-2H3. The summed E-state index contributed by atoms with van der Waals surface area (Å²) in [6.07, 6.45) is 0.105. The summed E-state index contributed by atoms with van der Waals surface area (Å²) in [5.41, 5.74) is 2.06. The normalized spacial score (nSPS) is 10.4. The minimum absolute atomic E-state index is 0.0503. The van der Waals surface area contributed by atoms with E-state index in [1.807, 2.05) is 13.0 Å². The van der Waals surface area contributed by atoms with Crippen LogP contribution in [-0.2, 0) is 6.42 Å². The van der Waals surface area contributed by atoms with Crippen molar-refractivity contribution in [3.63, 3.8) is 0 Å². The Labute approximate surface area is 122 Å². The number of Topliss-reactive ketones (excluding diaryl/α,β-unsaturated/α-hetero) is 1. The first-order valence-corrected chi connectivity index (χ1v) is 6.51. The van der Waals surface area contributed by atoms with E-state index in [-0.39, 0.29) is 17.2 Å². The molecule has 4 heteroatoms. The molecule has 2 rings (SSSR count). The molecule has 0 bridgehead atoms.